The number of hydrogen-bond donors (Lipinski definition) is 1. The molecule has 3 heteroatoms. The topological polar surface area (TPSA) is 30.5 Å². The Morgan fingerprint density at radius 3 is 2.65 bits per heavy atom. The smallest absolute Gasteiger partial charge is 0.127 e. The van der Waals surface area contributed by atoms with Crippen molar-refractivity contribution >= 4 is 0 Å². The average Bonchev–Trinajstić information content (AvgIpc) is 2.47. The first kappa shape index (κ1) is 14.4. The fourth-order valence-electron chi connectivity index (χ4n) is 2.17. The summed E-state index contributed by atoms with van der Waals surface area (Å²) in [5, 5.41) is 3.17. The number of para-hydroxylation sites is 1. The Bertz CT molecular complexity index is 567. The Kier molecular flexibility index (Phi) is 5.02. The number of aryl methyl sites for hydroxylation is 1. The molecule has 106 valence electrons. The first-order valence-corrected chi connectivity index (χ1v) is 6.73. The van der Waals surface area contributed by atoms with E-state index < -0.39 is 0 Å². The summed E-state index contributed by atoms with van der Waals surface area (Å²) in [7, 11) is 3.61. The Labute approximate surface area is 120 Å². The molecule has 0 fully saturated rings. The summed E-state index contributed by atoms with van der Waals surface area (Å²) < 4.78 is 11.2. The van der Waals surface area contributed by atoms with E-state index in [9.17, 15) is 0 Å². The number of rotatable bonds is 6. The van der Waals surface area contributed by atoms with Crippen molar-refractivity contribution in [3.63, 3.8) is 0 Å². The van der Waals surface area contributed by atoms with Gasteiger partial charge in [-0.05, 0) is 37.2 Å². The molecule has 0 aliphatic rings. The van der Waals surface area contributed by atoms with Crippen molar-refractivity contribution < 1.29 is 9.47 Å². The lowest BCUT2D eigenvalue weighted by atomic mass is 10.1. The van der Waals surface area contributed by atoms with Crippen molar-refractivity contribution in [2.45, 2.75) is 20.1 Å². The minimum Gasteiger partial charge on any atom is -0.497 e. The number of benzene rings is 2. The van der Waals surface area contributed by atoms with Crippen LogP contribution >= 0.6 is 0 Å². The van der Waals surface area contributed by atoms with Gasteiger partial charge in [0.15, 0.2) is 0 Å². The molecule has 0 amide bonds. The van der Waals surface area contributed by atoms with Gasteiger partial charge in [0, 0.05) is 12.1 Å². The minimum absolute atomic E-state index is 0.540. The number of hydrogen-bond acceptors (Lipinski definition) is 3. The van der Waals surface area contributed by atoms with Crippen LogP contribution in [0.3, 0.4) is 0 Å². The van der Waals surface area contributed by atoms with Crippen LogP contribution in [0.1, 0.15) is 16.7 Å². The zero-order valence-corrected chi connectivity index (χ0v) is 12.3. The average molecular weight is 271 g/mol. The number of methoxy groups -OCH3 is 1. The normalized spacial score (nSPS) is 10.3. The summed E-state index contributed by atoms with van der Waals surface area (Å²) >= 11 is 0. The zero-order chi connectivity index (χ0) is 14.4. The van der Waals surface area contributed by atoms with Gasteiger partial charge in [0.1, 0.15) is 18.1 Å². The van der Waals surface area contributed by atoms with E-state index in [1.165, 1.54) is 5.56 Å². The first-order valence-electron chi connectivity index (χ1n) is 6.73. The van der Waals surface area contributed by atoms with Crippen molar-refractivity contribution in [2.75, 3.05) is 14.2 Å². The van der Waals surface area contributed by atoms with E-state index in [4.69, 9.17) is 9.47 Å². The fraction of sp³-hybridized carbons (Fsp3) is 0.294. The molecule has 20 heavy (non-hydrogen) atoms. The maximum atomic E-state index is 6.01. The standard InChI is InChI=1S/C17H21NO2/c1-13-6-4-8-15(11-18-2)17(13)20-12-14-7-5-9-16(10-14)19-3/h4-10,18H,11-12H2,1-3H3. The van der Waals surface area contributed by atoms with Crippen LogP contribution < -0.4 is 14.8 Å². The van der Waals surface area contributed by atoms with Crippen LogP contribution in [0, 0.1) is 6.92 Å². The molecule has 0 saturated carbocycles. The molecular weight excluding hydrogens is 250 g/mol. The van der Waals surface area contributed by atoms with Gasteiger partial charge in [-0.15, -0.1) is 0 Å². The summed E-state index contributed by atoms with van der Waals surface area (Å²) in [5.41, 5.74) is 3.43. The highest BCUT2D eigenvalue weighted by Gasteiger charge is 2.07. The minimum atomic E-state index is 0.540. The Morgan fingerprint density at radius 2 is 1.90 bits per heavy atom. The highest BCUT2D eigenvalue weighted by Crippen LogP contribution is 2.25. The quantitative estimate of drug-likeness (QED) is 0.874. The Balaban J connectivity index is 2.13. The van der Waals surface area contributed by atoms with Crippen molar-refractivity contribution in [3.05, 3.63) is 59.2 Å². The summed E-state index contributed by atoms with van der Waals surface area (Å²) in [5.74, 6) is 1.82. The van der Waals surface area contributed by atoms with Crippen molar-refractivity contribution in [2.24, 2.45) is 0 Å². The maximum Gasteiger partial charge on any atom is 0.127 e. The maximum absolute atomic E-state index is 6.01. The third-order valence-corrected chi connectivity index (χ3v) is 3.18. The second-order valence-corrected chi connectivity index (χ2v) is 4.73. The van der Waals surface area contributed by atoms with Crippen LogP contribution in [-0.2, 0) is 13.2 Å². The predicted octanol–water partition coefficient (Wildman–Crippen LogP) is 3.30. The van der Waals surface area contributed by atoms with Gasteiger partial charge < -0.3 is 14.8 Å². The molecule has 0 atom stereocenters. The largest absolute Gasteiger partial charge is 0.497 e. The molecule has 0 spiro atoms. The molecule has 0 bridgehead atoms. The second-order valence-electron chi connectivity index (χ2n) is 4.73. The molecule has 0 aromatic heterocycles. The molecule has 3 nitrogen and oxygen atoms in total. The Morgan fingerprint density at radius 1 is 1.10 bits per heavy atom. The fourth-order valence-corrected chi connectivity index (χ4v) is 2.17. The molecule has 0 saturated heterocycles. The summed E-state index contributed by atoms with van der Waals surface area (Å²) in [6.07, 6.45) is 0. The van der Waals surface area contributed by atoms with E-state index in [1.54, 1.807) is 7.11 Å². The molecular formula is C17H21NO2. The van der Waals surface area contributed by atoms with Gasteiger partial charge in [0.25, 0.3) is 0 Å². The molecule has 0 aliphatic carbocycles. The SMILES string of the molecule is CNCc1cccc(C)c1OCc1cccc(OC)c1. The van der Waals surface area contributed by atoms with Crippen molar-refractivity contribution in [3.8, 4) is 11.5 Å². The van der Waals surface area contributed by atoms with Crippen molar-refractivity contribution in [1.29, 1.82) is 0 Å². The van der Waals surface area contributed by atoms with Gasteiger partial charge >= 0.3 is 0 Å². The molecule has 0 radical (unpaired) electrons. The van der Waals surface area contributed by atoms with Gasteiger partial charge in [-0.2, -0.15) is 0 Å². The third-order valence-electron chi connectivity index (χ3n) is 3.18. The molecule has 2 aromatic rings. The van der Waals surface area contributed by atoms with Crippen LogP contribution in [0.25, 0.3) is 0 Å². The lowest BCUT2D eigenvalue weighted by Crippen LogP contribution is -2.08. The third kappa shape index (κ3) is 3.52. The van der Waals surface area contributed by atoms with Gasteiger partial charge in [-0.25, -0.2) is 0 Å². The van der Waals surface area contributed by atoms with Crippen LogP contribution in [0.5, 0.6) is 11.5 Å². The van der Waals surface area contributed by atoms with E-state index >= 15 is 0 Å². The Hall–Kier alpha value is -2.00. The van der Waals surface area contributed by atoms with Crippen molar-refractivity contribution in [1.82, 2.24) is 5.32 Å². The summed E-state index contributed by atoms with van der Waals surface area (Å²) in [6.45, 7) is 3.41. The number of nitrogens with one attached hydrogen (secondary N) is 1. The van der Waals surface area contributed by atoms with Gasteiger partial charge in [0.05, 0.1) is 7.11 Å². The molecule has 0 aliphatic heterocycles. The van der Waals surface area contributed by atoms with Crippen LogP contribution in [0.15, 0.2) is 42.5 Å². The van der Waals surface area contributed by atoms with Crippen LogP contribution in [-0.4, -0.2) is 14.2 Å². The van der Waals surface area contributed by atoms with E-state index in [0.717, 1.165) is 29.2 Å². The van der Waals surface area contributed by atoms with E-state index in [0.29, 0.717) is 6.61 Å². The van der Waals surface area contributed by atoms with E-state index in [2.05, 4.69) is 30.4 Å². The molecule has 1 N–H and O–H groups in total. The zero-order valence-electron chi connectivity index (χ0n) is 12.3. The number of ether oxygens (including phenoxy) is 2. The summed E-state index contributed by atoms with van der Waals surface area (Å²) in [4.78, 5) is 0. The molecule has 0 unspecified atom stereocenters. The van der Waals surface area contributed by atoms with Gasteiger partial charge in [-0.1, -0.05) is 30.3 Å². The highest BCUT2D eigenvalue weighted by molar-refractivity contribution is 5.41. The highest BCUT2D eigenvalue weighted by atomic mass is 16.5. The predicted molar refractivity (Wildman–Crippen MR) is 81.3 cm³/mol. The monoisotopic (exact) mass is 271 g/mol. The van der Waals surface area contributed by atoms with E-state index in [1.807, 2.05) is 31.3 Å². The van der Waals surface area contributed by atoms with Gasteiger partial charge in [-0.3, -0.25) is 0 Å². The lowest BCUT2D eigenvalue weighted by molar-refractivity contribution is 0.299. The first-order chi connectivity index (χ1) is 9.74. The lowest BCUT2D eigenvalue weighted by Gasteiger charge is -2.14. The summed E-state index contributed by atoms with van der Waals surface area (Å²) in [6, 6.07) is 14.2. The second kappa shape index (κ2) is 6.96. The van der Waals surface area contributed by atoms with Crippen LogP contribution in [0.2, 0.25) is 0 Å². The van der Waals surface area contributed by atoms with Crippen LogP contribution in [0.4, 0.5) is 0 Å². The van der Waals surface area contributed by atoms with E-state index in [-0.39, 0.29) is 0 Å². The van der Waals surface area contributed by atoms with Gasteiger partial charge in [0.2, 0.25) is 0 Å². The molecule has 2 rings (SSSR count). The molecule has 0 heterocycles. The molecule has 2 aromatic carbocycles.